The molecule has 4 heteroatoms. The molecule has 2 aromatic rings. The minimum Gasteiger partial charge on any atom is -0.254 e. The first-order valence-corrected chi connectivity index (χ1v) is 6.39. The van der Waals surface area contributed by atoms with Crippen LogP contribution in [0.1, 0.15) is 11.1 Å². The molecule has 0 radical (unpaired) electrons. The summed E-state index contributed by atoms with van der Waals surface area (Å²) in [5.74, 6) is 0. The second kappa shape index (κ2) is 5.03. The van der Waals surface area contributed by atoms with Crippen molar-refractivity contribution in [3.63, 3.8) is 0 Å². The summed E-state index contributed by atoms with van der Waals surface area (Å²) in [5.41, 5.74) is 3.37. The smallest absolute Gasteiger partial charge is 0.0991 e. The fraction of sp³-hybridized carbons (Fsp3) is 0.0769. The van der Waals surface area contributed by atoms with E-state index in [2.05, 4.69) is 33.6 Å². The highest BCUT2D eigenvalue weighted by molar-refractivity contribution is 14.1. The molecule has 0 aliphatic rings. The molecule has 0 saturated carbocycles. The van der Waals surface area contributed by atoms with Gasteiger partial charge in [0.1, 0.15) is 0 Å². The SMILES string of the molecule is Cc1cc(C#N)ccc1-c1ncc(I)cc1Cl. The monoisotopic (exact) mass is 354 g/mol. The van der Waals surface area contributed by atoms with Crippen LogP contribution in [0.25, 0.3) is 11.3 Å². The minimum absolute atomic E-state index is 0.629. The molecule has 1 heterocycles. The van der Waals surface area contributed by atoms with Crippen molar-refractivity contribution in [2.24, 2.45) is 0 Å². The number of hydrogen-bond donors (Lipinski definition) is 0. The van der Waals surface area contributed by atoms with Crippen LogP contribution < -0.4 is 0 Å². The number of aryl methyl sites for hydroxylation is 1. The van der Waals surface area contributed by atoms with Crippen LogP contribution in [0.2, 0.25) is 5.02 Å². The lowest BCUT2D eigenvalue weighted by atomic mass is 10.0. The highest BCUT2D eigenvalue weighted by atomic mass is 127. The molecule has 1 aromatic heterocycles. The Morgan fingerprint density at radius 3 is 2.71 bits per heavy atom. The predicted molar refractivity (Wildman–Crippen MR) is 76.9 cm³/mol. The maximum atomic E-state index is 8.82. The highest BCUT2D eigenvalue weighted by Gasteiger charge is 2.09. The van der Waals surface area contributed by atoms with Crippen LogP contribution in [0, 0.1) is 21.8 Å². The van der Waals surface area contributed by atoms with E-state index in [1.807, 2.05) is 25.1 Å². The van der Waals surface area contributed by atoms with Crippen LogP contribution >= 0.6 is 34.2 Å². The fourth-order valence-electron chi connectivity index (χ4n) is 1.61. The van der Waals surface area contributed by atoms with Gasteiger partial charge in [0.2, 0.25) is 0 Å². The van der Waals surface area contributed by atoms with Crippen LogP contribution in [0.4, 0.5) is 0 Å². The normalized spacial score (nSPS) is 10.0. The maximum absolute atomic E-state index is 8.82. The van der Waals surface area contributed by atoms with Gasteiger partial charge in [-0.3, -0.25) is 4.98 Å². The summed E-state index contributed by atoms with van der Waals surface area (Å²) in [7, 11) is 0. The summed E-state index contributed by atoms with van der Waals surface area (Å²) in [5, 5.41) is 9.45. The Labute approximate surface area is 118 Å². The average Bonchev–Trinajstić information content (AvgIpc) is 2.30. The summed E-state index contributed by atoms with van der Waals surface area (Å²) < 4.78 is 1.00. The molecule has 17 heavy (non-hydrogen) atoms. The average molecular weight is 355 g/mol. The molecule has 0 saturated heterocycles. The Morgan fingerprint density at radius 1 is 1.35 bits per heavy atom. The Bertz CT molecular complexity index is 617. The molecule has 0 aliphatic heterocycles. The van der Waals surface area contributed by atoms with Gasteiger partial charge in [0, 0.05) is 15.3 Å². The lowest BCUT2D eigenvalue weighted by Crippen LogP contribution is -1.90. The second-order valence-electron chi connectivity index (χ2n) is 3.63. The number of hydrogen-bond acceptors (Lipinski definition) is 2. The first kappa shape index (κ1) is 12.3. The zero-order chi connectivity index (χ0) is 12.4. The van der Waals surface area contributed by atoms with E-state index in [4.69, 9.17) is 16.9 Å². The zero-order valence-electron chi connectivity index (χ0n) is 9.04. The standard InChI is InChI=1S/C13H8ClIN2/c1-8-4-9(6-16)2-3-11(8)13-12(14)5-10(15)7-17-13/h2-5,7H,1H3. The molecule has 1 aromatic carbocycles. The number of aromatic nitrogens is 1. The van der Waals surface area contributed by atoms with E-state index in [1.54, 1.807) is 12.3 Å². The molecule has 0 amide bonds. The van der Waals surface area contributed by atoms with Gasteiger partial charge in [-0.25, -0.2) is 0 Å². The van der Waals surface area contributed by atoms with Crippen molar-refractivity contribution in [1.29, 1.82) is 5.26 Å². The molecule has 0 bridgehead atoms. The topological polar surface area (TPSA) is 36.7 Å². The van der Waals surface area contributed by atoms with Crippen molar-refractivity contribution in [3.8, 4) is 17.3 Å². The van der Waals surface area contributed by atoms with Gasteiger partial charge >= 0.3 is 0 Å². The Morgan fingerprint density at radius 2 is 2.12 bits per heavy atom. The number of pyridine rings is 1. The van der Waals surface area contributed by atoms with E-state index in [1.165, 1.54) is 0 Å². The van der Waals surface area contributed by atoms with Gasteiger partial charge in [0.05, 0.1) is 22.3 Å². The van der Waals surface area contributed by atoms with Gasteiger partial charge in [0.15, 0.2) is 0 Å². The third-order valence-electron chi connectivity index (χ3n) is 2.42. The van der Waals surface area contributed by atoms with E-state index in [0.717, 1.165) is 20.4 Å². The van der Waals surface area contributed by atoms with Gasteiger partial charge in [0.25, 0.3) is 0 Å². The predicted octanol–water partition coefficient (Wildman–Crippen LogP) is 4.19. The molecule has 0 spiro atoms. The van der Waals surface area contributed by atoms with Crippen LogP contribution in [0.5, 0.6) is 0 Å². The lowest BCUT2D eigenvalue weighted by molar-refractivity contribution is 1.29. The highest BCUT2D eigenvalue weighted by Crippen LogP contribution is 2.29. The lowest BCUT2D eigenvalue weighted by Gasteiger charge is -2.07. The largest absolute Gasteiger partial charge is 0.254 e. The third-order valence-corrected chi connectivity index (χ3v) is 3.30. The van der Waals surface area contributed by atoms with E-state index in [0.29, 0.717) is 10.6 Å². The molecule has 2 nitrogen and oxygen atoms in total. The van der Waals surface area contributed by atoms with Crippen LogP contribution in [-0.4, -0.2) is 4.98 Å². The Kier molecular flexibility index (Phi) is 3.65. The molecule has 0 aliphatic carbocycles. The van der Waals surface area contributed by atoms with Crippen molar-refractivity contribution in [2.45, 2.75) is 6.92 Å². The van der Waals surface area contributed by atoms with Crippen LogP contribution in [-0.2, 0) is 0 Å². The molecule has 84 valence electrons. The van der Waals surface area contributed by atoms with E-state index < -0.39 is 0 Å². The van der Waals surface area contributed by atoms with Crippen LogP contribution in [0.15, 0.2) is 30.5 Å². The Hall–Kier alpha value is -1.12. The molecule has 0 atom stereocenters. The van der Waals surface area contributed by atoms with E-state index in [-0.39, 0.29) is 0 Å². The van der Waals surface area contributed by atoms with Gasteiger partial charge < -0.3 is 0 Å². The molecule has 0 fully saturated rings. The van der Waals surface area contributed by atoms with Crippen molar-refractivity contribution >= 4 is 34.2 Å². The van der Waals surface area contributed by atoms with Gasteiger partial charge in [-0.15, -0.1) is 0 Å². The maximum Gasteiger partial charge on any atom is 0.0991 e. The number of halogens is 2. The van der Waals surface area contributed by atoms with Crippen molar-refractivity contribution in [3.05, 3.63) is 50.2 Å². The molecular formula is C13H8ClIN2. The van der Waals surface area contributed by atoms with Gasteiger partial charge in [-0.05, 0) is 53.3 Å². The summed E-state index contributed by atoms with van der Waals surface area (Å²) >= 11 is 8.35. The summed E-state index contributed by atoms with van der Waals surface area (Å²) in [4.78, 5) is 4.34. The number of nitrogens with zero attached hydrogens (tertiary/aromatic N) is 2. The molecular weight excluding hydrogens is 347 g/mol. The van der Waals surface area contributed by atoms with Crippen LogP contribution in [0.3, 0.4) is 0 Å². The second-order valence-corrected chi connectivity index (χ2v) is 5.28. The van der Waals surface area contributed by atoms with Gasteiger partial charge in [-0.2, -0.15) is 5.26 Å². The number of benzene rings is 1. The number of rotatable bonds is 1. The zero-order valence-corrected chi connectivity index (χ0v) is 12.0. The quantitative estimate of drug-likeness (QED) is 0.720. The number of nitriles is 1. The summed E-state index contributed by atoms with van der Waals surface area (Å²) in [6, 6.07) is 9.49. The molecule has 0 N–H and O–H groups in total. The fourth-order valence-corrected chi connectivity index (χ4v) is 2.51. The summed E-state index contributed by atoms with van der Waals surface area (Å²) in [6.45, 7) is 1.95. The van der Waals surface area contributed by atoms with E-state index >= 15 is 0 Å². The van der Waals surface area contributed by atoms with Crippen molar-refractivity contribution in [1.82, 2.24) is 4.98 Å². The molecule has 2 rings (SSSR count). The van der Waals surface area contributed by atoms with Crippen molar-refractivity contribution in [2.75, 3.05) is 0 Å². The van der Waals surface area contributed by atoms with Crippen molar-refractivity contribution < 1.29 is 0 Å². The first-order chi connectivity index (χ1) is 8.11. The summed E-state index contributed by atoms with van der Waals surface area (Å²) in [6.07, 6.45) is 1.78. The van der Waals surface area contributed by atoms with Gasteiger partial charge in [-0.1, -0.05) is 17.7 Å². The minimum atomic E-state index is 0.629. The molecule has 0 unspecified atom stereocenters. The van der Waals surface area contributed by atoms with E-state index in [9.17, 15) is 0 Å². The first-order valence-electron chi connectivity index (χ1n) is 4.94. The Balaban J connectivity index is 2.58. The third kappa shape index (κ3) is 2.59.